The van der Waals surface area contributed by atoms with E-state index in [1.165, 1.54) is 23.4 Å². The average Bonchev–Trinajstić information content (AvgIpc) is 3.11. The lowest BCUT2D eigenvalue weighted by Gasteiger charge is -2.45. The average molecular weight is 399 g/mol. The maximum atomic E-state index is 13.3. The van der Waals surface area contributed by atoms with Crippen molar-refractivity contribution in [2.75, 3.05) is 39.9 Å². The van der Waals surface area contributed by atoms with Crippen LogP contribution in [-0.4, -0.2) is 77.7 Å². The van der Waals surface area contributed by atoms with E-state index in [0.29, 0.717) is 25.0 Å². The van der Waals surface area contributed by atoms with E-state index in [4.69, 9.17) is 4.74 Å². The molecule has 1 aliphatic carbocycles. The molecule has 156 valence electrons. The number of amides is 1. The van der Waals surface area contributed by atoms with Crippen LogP contribution in [0.5, 0.6) is 0 Å². The lowest BCUT2D eigenvalue weighted by Crippen LogP contribution is -2.52. The second-order valence-corrected chi connectivity index (χ2v) is 8.22. The SMILES string of the molecule is CC(=O)OCCN(CCO)C(=O)[C@@H]1C[C@@H]2c3cccc4[nH]cc(c34)C[C@H]2N(C)C1. The number of ether oxygens (including phenoxy) is 1. The van der Waals surface area contributed by atoms with Gasteiger partial charge in [-0.1, -0.05) is 12.1 Å². The predicted octanol–water partition coefficient (Wildman–Crippen LogP) is 1.51. The van der Waals surface area contributed by atoms with Crippen molar-refractivity contribution in [1.82, 2.24) is 14.8 Å². The molecule has 1 aliphatic heterocycles. The van der Waals surface area contributed by atoms with Gasteiger partial charge in [-0.05, 0) is 37.1 Å². The van der Waals surface area contributed by atoms with Crippen LogP contribution in [0.4, 0.5) is 0 Å². The van der Waals surface area contributed by atoms with Crippen LogP contribution in [0.3, 0.4) is 0 Å². The Morgan fingerprint density at radius 3 is 2.93 bits per heavy atom. The van der Waals surface area contributed by atoms with Crippen molar-refractivity contribution in [3.8, 4) is 0 Å². The van der Waals surface area contributed by atoms with E-state index in [9.17, 15) is 14.7 Å². The lowest BCUT2D eigenvalue weighted by atomic mass is 9.72. The molecular weight excluding hydrogens is 370 g/mol. The van der Waals surface area contributed by atoms with Gasteiger partial charge < -0.3 is 24.6 Å². The quantitative estimate of drug-likeness (QED) is 0.720. The molecule has 2 heterocycles. The number of hydrogen-bond donors (Lipinski definition) is 2. The van der Waals surface area contributed by atoms with Crippen molar-refractivity contribution in [2.45, 2.75) is 31.7 Å². The summed E-state index contributed by atoms with van der Waals surface area (Å²) < 4.78 is 5.00. The summed E-state index contributed by atoms with van der Waals surface area (Å²) in [6.45, 7) is 2.67. The Labute approximate surface area is 170 Å². The number of hydrogen-bond acceptors (Lipinski definition) is 5. The zero-order valence-electron chi connectivity index (χ0n) is 17.1. The molecule has 0 bridgehead atoms. The molecular formula is C22H29N3O4. The van der Waals surface area contributed by atoms with E-state index in [1.807, 2.05) is 0 Å². The number of rotatable bonds is 6. The molecule has 4 rings (SSSR count). The van der Waals surface area contributed by atoms with Crippen LogP contribution in [0.15, 0.2) is 24.4 Å². The van der Waals surface area contributed by atoms with Gasteiger partial charge >= 0.3 is 5.97 Å². The number of likely N-dealkylation sites (N-methyl/N-ethyl adjacent to an activating group) is 1. The van der Waals surface area contributed by atoms with Gasteiger partial charge in [-0.15, -0.1) is 0 Å². The lowest BCUT2D eigenvalue weighted by molar-refractivity contribution is -0.145. The van der Waals surface area contributed by atoms with E-state index < -0.39 is 0 Å². The number of H-pyrrole nitrogens is 1. The highest BCUT2D eigenvalue weighted by Crippen LogP contribution is 2.44. The number of benzene rings is 1. The molecule has 0 radical (unpaired) electrons. The van der Waals surface area contributed by atoms with Gasteiger partial charge in [0, 0.05) is 49.1 Å². The maximum Gasteiger partial charge on any atom is 0.302 e. The van der Waals surface area contributed by atoms with E-state index >= 15 is 0 Å². The summed E-state index contributed by atoms with van der Waals surface area (Å²) in [5.74, 6) is -0.164. The molecule has 2 N–H and O–H groups in total. The van der Waals surface area contributed by atoms with Gasteiger partial charge in [-0.25, -0.2) is 0 Å². The van der Waals surface area contributed by atoms with E-state index in [0.717, 1.165) is 18.4 Å². The number of piperidine rings is 1. The van der Waals surface area contributed by atoms with Crippen molar-refractivity contribution < 1.29 is 19.4 Å². The summed E-state index contributed by atoms with van der Waals surface area (Å²) in [5.41, 5.74) is 3.85. The van der Waals surface area contributed by atoms with Crippen LogP contribution < -0.4 is 0 Å². The van der Waals surface area contributed by atoms with Crippen molar-refractivity contribution in [1.29, 1.82) is 0 Å². The first-order valence-electron chi connectivity index (χ1n) is 10.3. The fraction of sp³-hybridized carbons (Fsp3) is 0.545. The third-order valence-corrected chi connectivity index (χ3v) is 6.42. The van der Waals surface area contributed by atoms with Gasteiger partial charge in [-0.2, -0.15) is 0 Å². The van der Waals surface area contributed by atoms with Gasteiger partial charge in [0.25, 0.3) is 0 Å². The highest BCUT2D eigenvalue weighted by Gasteiger charge is 2.42. The largest absolute Gasteiger partial charge is 0.464 e. The molecule has 7 heteroatoms. The summed E-state index contributed by atoms with van der Waals surface area (Å²) in [6.07, 6.45) is 3.91. The number of likely N-dealkylation sites (tertiary alicyclic amines) is 1. The summed E-state index contributed by atoms with van der Waals surface area (Å²) in [7, 11) is 2.10. The minimum atomic E-state index is -0.362. The number of carbonyl (C=O) groups excluding carboxylic acids is 2. The number of nitrogens with one attached hydrogen (secondary N) is 1. The Morgan fingerprint density at radius 2 is 2.17 bits per heavy atom. The number of esters is 1. The van der Waals surface area contributed by atoms with Gasteiger partial charge in [0.15, 0.2) is 0 Å². The minimum Gasteiger partial charge on any atom is -0.464 e. The first-order valence-corrected chi connectivity index (χ1v) is 10.3. The number of aromatic nitrogens is 1. The molecule has 29 heavy (non-hydrogen) atoms. The van der Waals surface area contributed by atoms with E-state index in [-0.39, 0.29) is 37.6 Å². The van der Waals surface area contributed by atoms with Gasteiger partial charge in [-0.3, -0.25) is 9.59 Å². The molecule has 0 spiro atoms. The molecule has 3 atom stereocenters. The number of carbonyl (C=O) groups is 2. The molecule has 2 aromatic rings. The highest BCUT2D eigenvalue weighted by molar-refractivity contribution is 5.88. The van der Waals surface area contributed by atoms with Crippen LogP contribution in [0.1, 0.15) is 30.4 Å². The molecule has 2 aliphatic rings. The second-order valence-electron chi connectivity index (χ2n) is 8.22. The molecule has 1 amide bonds. The number of aromatic amines is 1. The third-order valence-electron chi connectivity index (χ3n) is 6.42. The Bertz CT molecular complexity index is 909. The number of nitrogens with zero attached hydrogens (tertiary/aromatic N) is 2. The zero-order valence-corrected chi connectivity index (χ0v) is 17.1. The van der Waals surface area contributed by atoms with Crippen LogP contribution >= 0.6 is 0 Å². The molecule has 1 aromatic heterocycles. The molecule has 7 nitrogen and oxygen atoms in total. The normalized spacial score (nSPS) is 23.6. The van der Waals surface area contributed by atoms with Crippen LogP contribution in [0.2, 0.25) is 0 Å². The van der Waals surface area contributed by atoms with Crippen LogP contribution in [0.25, 0.3) is 10.9 Å². The van der Waals surface area contributed by atoms with Crippen molar-refractivity contribution >= 4 is 22.8 Å². The molecule has 1 saturated heterocycles. The van der Waals surface area contributed by atoms with Crippen molar-refractivity contribution in [3.05, 3.63) is 35.5 Å². The topological polar surface area (TPSA) is 85.9 Å². The number of aliphatic hydroxyl groups is 1. The Morgan fingerprint density at radius 1 is 1.34 bits per heavy atom. The smallest absolute Gasteiger partial charge is 0.302 e. The van der Waals surface area contributed by atoms with E-state index in [1.54, 1.807) is 4.90 Å². The predicted molar refractivity (Wildman–Crippen MR) is 110 cm³/mol. The van der Waals surface area contributed by atoms with Gasteiger partial charge in [0.2, 0.25) is 5.91 Å². The van der Waals surface area contributed by atoms with Crippen molar-refractivity contribution in [2.24, 2.45) is 5.92 Å². The molecule has 1 aromatic carbocycles. The first-order chi connectivity index (χ1) is 14.0. The Kier molecular flexibility index (Phi) is 5.61. The zero-order chi connectivity index (χ0) is 20.5. The maximum absolute atomic E-state index is 13.3. The van der Waals surface area contributed by atoms with Crippen LogP contribution in [0, 0.1) is 5.92 Å². The monoisotopic (exact) mass is 399 g/mol. The number of fused-ring (bicyclic) bond motifs is 2. The fourth-order valence-corrected chi connectivity index (χ4v) is 5.13. The Hall–Kier alpha value is -2.38. The number of aliphatic hydroxyl groups excluding tert-OH is 1. The second kappa shape index (κ2) is 8.16. The third kappa shape index (κ3) is 3.76. The summed E-state index contributed by atoms with van der Waals surface area (Å²) in [5, 5.41) is 10.7. The summed E-state index contributed by atoms with van der Waals surface area (Å²) >= 11 is 0. The fourth-order valence-electron chi connectivity index (χ4n) is 5.13. The van der Waals surface area contributed by atoms with E-state index in [2.05, 4.69) is 41.3 Å². The molecule has 0 saturated carbocycles. The summed E-state index contributed by atoms with van der Waals surface area (Å²) in [6, 6.07) is 6.78. The molecule has 0 unspecified atom stereocenters. The van der Waals surface area contributed by atoms with Gasteiger partial charge in [0.05, 0.1) is 19.1 Å². The summed E-state index contributed by atoms with van der Waals surface area (Å²) in [4.78, 5) is 31.6. The minimum absolute atomic E-state index is 0.0311. The molecule has 1 fully saturated rings. The first kappa shape index (κ1) is 19.9. The Balaban J connectivity index is 1.55. The standard InChI is InChI=1S/C22H29N3O4/c1-14(27)29-9-7-25(6-8-26)22(28)16-10-18-17-4-3-5-19-21(17)15(12-23-19)11-20(18)24(2)13-16/h3-5,12,16,18,20,23,26H,6-11,13H2,1-2H3/t16-,18-,20-/m1/s1. The van der Waals surface area contributed by atoms with Crippen LogP contribution in [-0.2, 0) is 20.7 Å². The van der Waals surface area contributed by atoms with Gasteiger partial charge in [0.1, 0.15) is 6.61 Å². The highest BCUT2D eigenvalue weighted by atomic mass is 16.5. The van der Waals surface area contributed by atoms with Crippen molar-refractivity contribution in [3.63, 3.8) is 0 Å².